The highest BCUT2D eigenvalue weighted by atomic mass is 16.5. The molecule has 0 aliphatic heterocycles. The monoisotopic (exact) mass is 309 g/mol. The molecule has 0 unspecified atom stereocenters. The Labute approximate surface area is 135 Å². The van der Waals surface area contributed by atoms with Crippen LogP contribution in [0.5, 0.6) is 5.88 Å². The van der Waals surface area contributed by atoms with E-state index in [-0.39, 0.29) is 0 Å². The highest BCUT2D eigenvalue weighted by Gasteiger charge is 2.07. The van der Waals surface area contributed by atoms with Crippen molar-refractivity contribution in [1.29, 1.82) is 0 Å². The van der Waals surface area contributed by atoms with Gasteiger partial charge in [-0.3, -0.25) is 0 Å². The molecule has 23 heavy (non-hydrogen) atoms. The molecule has 0 spiro atoms. The van der Waals surface area contributed by atoms with Gasteiger partial charge in [0, 0.05) is 17.3 Å². The van der Waals surface area contributed by atoms with Gasteiger partial charge in [-0.15, -0.1) is 0 Å². The molecule has 2 aromatic heterocycles. The molecule has 1 aromatic carbocycles. The maximum absolute atomic E-state index is 5.79. The first-order chi connectivity index (χ1) is 11.1. The number of aromatic nitrogens is 4. The number of hydrogen-bond acceptors (Lipinski definition) is 5. The molecular weight excluding hydrogens is 290 g/mol. The van der Waals surface area contributed by atoms with Crippen LogP contribution in [0.25, 0.3) is 5.69 Å². The van der Waals surface area contributed by atoms with Crippen molar-refractivity contribution in [3.05, 3.63) is 59.7 Å². The molecule has 0 saturated heterocycles. The van der Waals surface area contributed by atoms with Crippen molar-refractivity contribution < 1.29 is 4.74 Å². The van der Waals surface area contributed by atoms with Crippen LogP contribution in [-0.2, 0) is 0 Å². The molecule has 0 atom stereocenters. The summed E-state index contributed by atoms with van der Waals surface area (Å²) in [5, 5.41) is 7.48. The Morgan fingerprint density at radius 3 is 2.61 bits per heavy atom. The summed E-state index contributed by atoms with van der Waals surface area (Å²) in [5.74, 6) is 1.45. The van der Waals surface area contributed by atoms with Crippen LogP contribution in [0.3, 0.4) is 0 Å². The lowest BCUT2D eigenvalue weighted by atomic mass is 10.2. The quantitative estimate of drug-likeness (QED) is 0.734. The minimum atomic E-state index is 0.300. The second-order valence-electron chi connectivity index (χ2n) is 5.31. The zero-order valence-corrected chi connectivity index (χ0v) is 13.4. The van der Waals surface area contributed by atoms with E-state index < -0.39 is 0 Å². The maximum Gasteiger partial charge on any atom is 0.218 e. The van der Waals surface area contributed by atoms with Gasteiger partial charge in [-0.1, -0.05) is 17.7 Å². The van der Waals surface area contributed by atoms with E-state index in [0.717, 1.165) is 22.8 Å². The fourth-order valence-electron chi connectivity index (χ4n) is 2.18. The minimum absolute atomic E-state index is 0.300. The van der Waals surface area contributed by atoms with E-state index in [9.17, 15) is 0 Å². The normalized spacial score (nSPS) is 10.6. The molecule has 2 heterocycles. The van der Waals surface area contributed by atoms with Crippen molar-refractivity contribution in [1.82, 2.24) is 19.7 Å². The van der Waals surface area contributed by atoms with E-state index in [4.69, 9.17) is 4.74 Å². The molecule has 0 aliphatic carbocycles. The standard InChI is InChI=1S/C17H19N5O/c1-12-4-6-15(7-5-12)22-16(8-9-21-22)23-11-20-17-13(2)14(3)18-10-19-17/h4-10H,11H2,1-3H3,(H,18,19,20). The van der Waals surface area contributed by atoms with Crippen molar-refractivity contribution in [3.8, 4) is 11.6 Å². The lowest BCUT2D eigenvalue weighted by molar-refractivity contribution is 0.322. The molecule has 0 bridgehead atoms. The molecule has 0 fully saturated rings. The van der Waals surface area contributed by atoms with Crippen LogP contribution in [-0.4, -0.2) is 26.5 Å². The number of ether oxygens (including phenoxy) is 1. The Morgan fingerprint density at radius 1 is 1.04 bits per heavy atom. The average molecular weight is 309 g/mol. The van der Waals surface area contributed by atoms with Gasteiger partial charge in [-0.25, -0.2) is 14.6 Å². The minimum Gasteiger partial charge on any atom is -0.456 e. The lowest BCUT2D eigenvalue weighted by Crippen LogP contribution is -2.14. The van der Waals surface area contributed by atoms with E-state index >= 15 is 0 Å². The Kier molecular flexibility index (Phi) is 4.23. The van der Waals surface area contributed by atoms with Gasteiger partial charge < -0.3 is 10.1 Å². The number of nitrogens with one attached hydrogen (secondary N) is 1. The van der Waals surface area contributed by atoms with Gasteiger partial charge in [-0.05, 0) is 32.9 Å². The maximum atomic E-state index is 5.79. The second kappa shape index (κ2) is 6.48. The third-order valence-corrected chi connectivity index (χ3v) is 3.68. The smallest absolute Gasteiger partial charge is 0.218 e. The molecule has 0 aliphatic rings. The summed E-state index contributed by atoms with van der Waals surface area (Å²) < 4.78 is 7.55. The highest BCUT2D eigenvalue weighted by molar-refractivity contribution is 5.44. The van der Waals surface area contributed by atoms with E-state index in [1.54, 1.807) is 17.2 Å². The van der Waals surface area contributed by atoms with E-state index in [0.29, 0.717) is 12.6 Å². The fourth-order valence-corrected chi connectivity index (χ4v) is 2.18. The summed E-state index contributed by atoms with van der Waals surface area (Å²) in [4.78, 5) is 8.38. The molecule has 0 amide bonds. The molecule has 3 aromatic rings. The van der Waals surface area contributed by atoms with Crippen molar-refractivity contribution in [2.75, 3.05) is 12.0 Å². The molecule has 3 rings (SSSR count). The van der Waals surface area contributed by atoms with Crippen LogP contribution in [0, 0.1) is 20.8 Å². The van der Waals surface area contributed by atoms with Crippen molar-refractivity contribution in [2.24, 2.45) is 0 Å². The average Bonchev–Trinajstić information content (AvgIpc) is 3.01. The summed E-state index contributed by atoms with van der Waals surface area (Å²) in [6, 6.07) is 9.96. The molecule has 0 radical (unpaired) electrons. The molecule has 6 nitrogen and oxygen atoms in total. The summed E-state index contributed by atoms with van der Waals surface area (Å²) in [6.07, 6.45) is 3.26. The highest BCUT2D eigenvalue weighted by Crippen LogP contribution is 2.18. The van der Waals surface area contributed by atoms with Crippen molar-refractivity contribution in [2.45, 2.75) is 20.8 Å². The van der Waals surface area contributed by atoms with E-state index in [1.165, 1.54) is 5.56 Å². The molecule has 0 saturated carbocycles. The predicted molar refractivity (Wildman–Crippen MR) is 88.9 cm³/mol. The first-order valence-electron chi connectivity index (χ1n) is 7.41. The van der Waals surface area contributed by atoms with E-state index in [1.807, 2.05) is 44.2 Å². The number of anilines is 1. The van der Waals surface area contributed by atoms with Crippen LogP contribution in [0.4, 0.5) is 5.82 Å². The zero-order chi connectivity index (χ0) is 16.2. The van der Waals surface area contributed by atoms with Crippen LogP contribution in [0.2, 0.25) is 0 Å². The fraction of sp³-hybridized carbons (Fsp3) is 0.235. The molecule has 1 N–H and O–H groups in total. The Hall–Kier alpha value is -2.89. The van der Waals surface area contributed by atoms with Gasteiger partial charge in [0.05, 0.1) is 11.9 Å². The van der Waals surface area contributed by atoms with Gasteiger partial charge in [0.2, 0.25) is 5.88 Å². The van der Waals surface area contributed by atoms with Crippen LogP contribution in [0.15, 0.2) is 42.9 Å². The van der Waals surface area contributed by atoms with Crippen LogP contribution < -0.4 is 10.1 Å². The third kappa shape index (κ3) is 3.31. The first-order valence-corrected chi connectivity index (χ1v) is 7.41. The second-order valence-corrected chi connectivity index (χ2v) is 5.31. The predicted octanol–water partition coefficient (Wildman–Crippen LogP) is 3.04. The molecular formula is C17H19N5O. The summed E-state index contributed by atoms with van der Waals surface area (Å²) in [5.41, 5.74) is 4.14. The van der Waals surface area contributed by atoms with Crippen molar-refractivity contribution >= 4 is 5.82 Å². The van der Waals surface area contributed by atoms with Crippen molar-refractivity contribution in [3.63, 3.8) is 0 Å². The number of benzene rings is 1. The van der Waals surface area contributed by atoms with Crippen LogP contribution >= 0.6 is 0 Å². The van der Waals surface area contributed by atoms with Gasteiger partial charge >= 0.3 is 0 Å². The van der Waals surface area contributed by atoms with E-state index in [2.05, 4.69) is 27.3 Å². The van der Waals surface area contributed by atoms with Gasteiger partial charge in [0.15, 0.2) is 6.73 Å². The number of hydrogen-bond donors (Lipinski definition) is 1. The Bertz CT molecular complexity index is 795. The molecule has 6 heteroatoms. The zero-order valence-electron chi connectivity index (χ0n) is 13.4. The summed E-state index contributed by atoms with van der Waals surface area (Å²) in [6.45, 7) is 6.29. The summed E-state index contributed by atoms with van der Waals surface area (Å²) in [7, 11) is 0. The van der Waals surface area contributed by atoms with Gasteiger partial charge in [0.25, 0.3) is 0 Å². The largest absolute Gasteiger partial charge is 0.456 e. The Morgan fingerprint density at radius 2 is 1.83 bits per heavy atom. The first kappa shape index (κ1) is 15.0. The third-order valence-electron chi connectivity index (χ3n) is 3.68. The van der Waals surface area contributed by atoms with Gasteiger partial charge in [-0.2, -0.15) is 5.10 Å². The SMILES string of the molecule is Cc1ccc(-n2nccc2OCNc2ncnc(C)c2C)cc1. The topological polar surface area (TPSA) is 64.9 Å². The number of nitrogens with zero attached hydrogens (tertiary/aromatic N) is 4. The lowest BCUT2D eigenvalue weighted by Gasteiger charge is -2.12. The number of rotatable bonds is 5. The van der Waals surface area contributed by atoms with Crippen LogP contribution in [0.1, 0.15) is 16.8 Å². The number of aryl methyl sites for hydroxylation is 2. The Balaban J connectivity index is 1.69. The summed E-state index contributed by atoms with van der Waals surface area (Å²) >= 11 is 0. The van der Waals surface area contributed by atoms with Gasteiger partial charge in [0.1, 0.15) is 12.1 Å². The molecule has 118 valence electrons.